The molecule has 0 radical (unpaired) electrons. The number of hydrogen-bond acceptors (Lipinski definition) is 6. The summed E-state index contributed by atoms with van der Waals surface area (Å²) >= 11 is 0. The molecule has 0 aliphatic heterocycles. The van der Waals surface area contributed by atoms with Gasteiger partial charge in [0.15, 0.2) is 11.6 Å². The fourth-order valence-electron chi connectivity index (χ4n) is 3.70. The van der Waals surface area contributed by atoms with Crippen LogP contribution in [-0.4, -0.2) is 28.9 Å². The van der Waals surface area contributed by atoms with Gasteiger partial charge in [-0.15, -0.1) is 0 Å². The van der Waals surface area contributed by atoms with Crippen molar-refractivity contribution in [2.75, 3.05) is 0 Å². The van der Waals surface area contributed by atoms with Crippen molar-refractivity contribution in [3.63, 3.8) is 0 Å². The number of nitrogens with zero attached hydrogens (tertiary/aromatic N) is 6. The maximum atomic E-state index is 10.7. The monoisotopic (exact) mass is 506 g/mol. The van der Waals surface area contributed by atoms with Gasteiger partial charge in [-0.25, -0.2) is 19.1 Å². The second-order valence-electron chi connectivity index (χ2n) is 8.67. The minimum absolute atomic E-state index is 0. The molecular weight excluding hydrogens is 472 g/mol. The van der Waals surface area contributed by atoms with Crippen LogP contribution in [0, 0.1) is 34.1 Å². The van der Waals surface area contributed by atoms with Crippen LogP contribution in [0.1, 0.15) is 41.3 Å². The zero-order chi connectivity index (χ0) is 26.2. The van der Waals surface area contributed by atoms with Crippen molar-refractivity contribution in [1.82, 2.24) is 19.1 Å². The van der Waals surface area contributed by atoms with E-state index in [1.165, 1.54) is 43.8 Å². The van der Waals surface area contributed by atoms with E-state index >= 15 is 0 Å². The van der Waals surface area contributed by atoms with Crippen molar-refractivity contribution in [2.45, 2.75) is 47.0 Å². The van der Waals surface area contributed by atoms with Gasteiger partial charge in [0.1, 0.15) is 12.4 Å². The zero-order valence-electron chi connectivity index (χ0n) is 20.9. The van der Waals surface area contributed by atoms with Crippen molar-refractivity contribution in [3.8, 4) is 0 Å². The van der Waals surface area contributed by atoms with Crippen molar-refractivity contribution in [2.24, 2.45) is 14.1 Å². The summed E-state index contributed by atoms with van der Waals surface area (Å²) in [6, 6.07) is 16.6. The van der Waals surface area contributed by atoms with E-state index in [1.807, 2.05) is 13.8 Å². The molecule has 196 valence electrons. The highest BCUT2D eigenvalue weighted by atomic mass is 16.6. The topological polar surface area (TPSA) is 122 Å². The molecule has 0 spiro atoms. The van der Waals surface area contributed by atoms with E-state index < -0.39 is 9.85 Å². The molecule has 0 amide bonds. The first-order chi connectivity index (χ1) is 17.2. The van der Waals surface area contributed by atoms with Crippen LogP contribution in [0.3, 0.4) is 0 Å². The normalized spacial score (nSPS) is 10.3. The second kappa shape index (κ2) is 13.1. The van der Waals surface area contributed by atoms with Gasteiger partial charge in [0.25, 0.3) is 0 Å². The van der Waals surface area contributed by atoms with Gasteiger partial charge in [-0.1, -0.05) is 67.1 Å². The van der Waals surface area contributed by atoms with E-state index in [4.69, 9.17) is 0 Å². The molecule has 4 rings (SSSR count). The highest BCUT2D eigenvalue weighted by molar-refractivity contribution is 5.24. The second-order valence-corrected chi connectivity index (χ2v) is 8.67. The first kappa shape index (κ1) is 28.9. The minimum Gasteiger partial charge on any atom is -0.358 e. The molecule has 4 aromatic rings. The van der Waals surface area contributed by atoms with Crippen LogP contribution in [0.2, 0.25) is 0 Å². The molecule has 0 aliphatic carbocycles. The third-order valence-corrected chi connectivity index (χ3v) is 6.01. The molecule has 0 bridgehead atoms. The number of hydrogen-bond donors (Lipinski definition) is 0. The van der Waals surface area contributed by atoms with E-state index in [0.29, 0.717) is 12.8 Å². The molecule has 2 heterocycles. The molecule has 0 aliphatic rings. The fraction of sp³-hybridized carbons (Fsp3) is 0.333. The van der Waals surface area contributed by atoms with Crippen LogP contribution in [0.15, 0.2) is 60.9 Å². The van der Waals surface area contributed by atoms with Crippen molar-refractivity contribution >= 4 is 11.6 Å². The predicted octanol–water partition coefficient (Wildman–Crippen LogP) is 5.48. The Hall–Kier alpha value is -4.34. The van der Waals surface area contributed by atoms with Crippen LogP contribution in [-0.2, 0) is 39.8 Å². The Balaban J connectivity index is 0.000000253. The highest BCUT2D eigenvalue weighted by Gasteiger charge is 2.16. The van der Waals surface area contributed by atoms with Crippen LogP contribution in [0.25, 0.3) is 0 Å². The molecule has 0 unspecified atom stereocenters. The largest absolute Gasteiger partial charge is 0.358 e. The van der Waals surface area contributed by atoms with E-state index in [0.717, 1.165) is 24.5 Å². The first-order valence-electron chi connectivity index (χ1n) is 11.6. The van der Waals surface area contributed by atoms with Crippen LogP contribution >= 0.6 is 0 Å². The highest BCUT2D eigenvalue weighted by Crippen LogP contribution is 2.15. The Kier molecular flexibility index (Phi) is 10.2. The molecule has 10 heteroatoms. The lowest BCUT2D eigenvalue weighted by molar-refractivity contribution is -0.392. The Morgan fingerprint density at radius 3 is 1.24 bits per heavy atom. The lowest BCUT2D eigenvalue weighted by Gasteiger charge is -2.01. The molecule has 10 nitrogen and oxygen atoms in total. The molecule has 0 N–H and O–H groups in total. The maximum absolute atomic E-state index is 10.7. The number of nitro groups is 2. The fourth-order valence-corrected chi connectivity index (χ4v) is 3.70. The van der Waals surface area contributed by atoms with Gasteiger partial charge in [-0.2, -0.15) is 0 Å². The summed E-state index contributed by atoms with van der Waals surface area (Å²) in [6.45, 7) is 4.10. The summed E-state index contributed by atoms with van der Waals surface area (Å²) < 4.78 is 3.07. The van der Waals surface area contributed by atoms with Crippen molar-refractivity contribution in [3.05, 3.63) is 115 Å². The Morgan fingerprint density at radius 1 is 0.649 bits per heavy atom. The summed E-state index contributed by atoms with van der Waals surface area (Å²) in [7, 11) is 3.35. The Morgan fingerprint density at radius 2 is 0.973 bits per heavy atom. The number of aromatic nitrogens is 4. The van der Waals surface area contributed by atoms with E-state index in [1.54, 1.807) is 14.1 Å². The van der Waals surface area contributed by atoms with Crippen LogP contribution in [0.4, 0.5) is 11.6 Å². The quantitative estimate of drug-likeness (QED) is 0.230. The maximum Gasteiger partial charge on any atom is 0.342 e. The Bertz CT molecular complexity index is 1220. The van der Waals surface area contributed by atoms with Gasteiger partial charge in [-0.05, 0) is 47.7 Å². The third kappa shape index (κ3) is 7.83. The predicted molar refractivity (Wildman–Crippen MR) is 144 cm³/mol. The molecule has 37 heavy (non-hydrogen) atoms. The third-order valence-electron chi connectivity index (χ3n) is 6.01. The standard InChI is InChI=1S/2C13H15N3O2.CH4/c2*1-10-3-5-11(6-4-10)7-8-12-14-9-13(15(12)2)16(17)18;/h2*3-6,9H,7-8H2,1-2H3;1H4. The number of imidazole rings is 2. The van der Waals surface area contributed by atoms with Gasteiger partial charge < -0.3 is 20.2 Å². The summed E-state index contributed by atoms with van der Waals surface area (Å²) in [4.78, 5) is 28.7. The molecule has 0 fully saturated rings. The molecule has 0 atom stereocenters. The summed E-state index contributed by atoms with van der Waals surface area (Å²) in [5.41, 5.74) is 4.88. The number of aryl methyl sites for hydroxylation is 6. The summed E-state index contributed by atoms with van der Waals surface area (Å²) in [5.74, 6) is 1.55. The number of rotatable bonds is 8. The van der Waals surface area contributed by atoms with Crippen molar-refractivity contribution < 1.29 is 9.85 Å². The molecule has 0 saturated carbocycles. The van der Waals surface area contributed by atoms with Gasteiger partial charge in [0.05, 0.1) is 14.1 Å². The van der Waals surface area contributed by atoms with E-state index in [9.17, 15) is 20.2 Å². The summed E-state index contributed by atoms with van der Waals surface area (Å²) in [5, 5.41) is 21.4. The van der Waals surface area contributed by atoms with Gasteiger partial charge in [-0.3, -0.25) is 0 Å². The minimum atomic E-state index is -0.414. The lowest BCUT2D eigenvalue weighted by Crippen LogP contribution is -2.03. The first-order valence-corrected chi connectivity index (χ1v) is 11.6. The molecule has 0 saturated heterocycles. The van der Waals surface area contributed by atoms with E-state index in [-0.39, 0.29) is 19.1 Å². The van der Waals surface area contributed by atoms with Crippen LogP contribution in [0.5, 0.6) is 0 Å². The SMILES string of the molecule is C.Cc1ccc(CCc2ncc([N+](=O)[O-])n2C)cc1.Cc1ccc(CCc2ncc([N+](=O)[O-])n2C)cc1. The molecule has 2 aromatic carbocycles. The number of benzene rings is 2. The molecule has 2 aromatic heterocycles. The average Bonchev–Trinajstić information content (AvgIpc) is 3.41. The van der Waals surface area contributed by atoms with Gasteiger partial charge in [0.2, 0.25) is 0 Å². The van der Waals surface area contributed by atoms with Gasteiger partial charge in [0, 0.05) is 12.8 Å². The van der Waals surface area contributed by atoms with Crippen LogP contribution < -0.4 is 0 Å². The van der Waals surface area contributed by atoms with Gasteiger partial charge >= 0.3 is 11.6 Å². The summed E-state index contributed by atoms with van der Waals surface area (Å²) in [6.07, 6.45) is 5.69. The zero-order valence-corrected chi connectivity index (χ0v) is 20.9. The van der Waals surface area contributed by atoms with Crippen molar-refractivity contribution in [1.29, 1.82) is 0 Å². The average molecular weight is 507 g/mol. The molecular formula is C27H34N6O4. The Labute approximate surface area is 216 Å². The lowest BCUT2D eigenvalue weighted by atomic mass is 10.1. The van der Waals surface area contributed by atoms with E-state index in [2.05, 4.69) is 58.5 Å². The smallest absolute Gasteiger partial charge is 0.342 e.